The largest absolute Gasteiger partial charge is 0.450 e. The van der Waals surface area contributed by atoms with Crippen LogP contribution in [0.3, 0.4) is 0 Å². The first-order chi connectivity index (χ1) is 15.1. The molecule has 31 heavy (non-hydrogen) atoms. The van der Waals surface area contributed by atoms with Gasteiger partial charge in [0.15, 0.2) is 0 Å². The summed E-state index contributed by atoms with van der Waals surface area (Å²) in [7, 11) is 0. The van der Waals surface area contributed by atoms with E-state index >= 15 is 0 Å². The summed E-state index contributed by atoms with van der Waals surface area (Å²) < 4.78 is 6.96. The van der Waals surface area contributed by atoms with E-state index in [9.17, 15) is 9.59 Å². The van der Waals surface area contributed by atoms with Crippen LogP contribution in [0.4, 0.5) is 10.5 Å². The molecule has 5 rings (SSSR count). The summed E-state index contributed by atoms with van der Waals surface area (Å²) in [6, 6.07) is 6.21. The van der Waals surface area contributed by atoms with E-state index in [1.54, 1.807) is 6.92 Å². The van der Waals surface area contributed by atoms with Crippen LogP contribution < -0.4 is 5.32 Å². The van der Waals surface area contributed by atoms with Gasteiger partial charge in [-0.05, 0) is 69.8 Å². The summed E-state index contributed by atoms with van der Waals surface area (Å²) in [5, 5.41) is 2.72. The van der Waals surface area contributed by atoms with Gasteiger partial charge in [-0.15, -0.1) is 0 Å². The lowest BCUT2D eigenvalue weighted by Gasteiger charge is -2.46. The fraction of sp³-hybridized carbons (Fsp3) is 0.609. The maximum atomic E-state index is 13.0. The predicted octanol–water partition coefficient (Wildman–Crippen LogP) is 3.21. The number of piperidine rings is 2. The van der Waals surface area contributed by atoms with Crippen LogP contribution in [0.15, 0.2) is 18.2 Å². The number of carbonyl (C=O) groups is 2. The smallest absolute Gasteiger partial charge is 0.411 e. The van der Waals surface area contributed by atoms with Crippen molar-refractivity contribution in [3.63, 3.8) is 0 Å². The average Bonchev–Trinajstić information content (AvgIpc) is 3.11. The van der Waals surface area contributed by atoms with E-state index in [4.69, 9.17) is 9.72 Å². The van der Waals surface area contributed by atoms with E-state index in [1.807, 2.05) is 27.7 Å². The molecular weight excluding hydrogens is 394 g/mol. The highest BCUT2D eigenvalue weighted by molar-refractivity contribution is 5.90. The highest BCUT2D eigenvalue weighted by Gasteiger charge is 2.36. The molecule has 0 radical (unpaired) electrons. The zero-order valence-electron chi connectivity index (χ0n) is 18.2. The van der Waals surface area contributed by atoms with Crippen LogP contribution in [0, 0.1) is 5.92 Å². The van der Waals surface area contributed by atoms with Gasteiger partial charge in [0.05, 0.1) is 24.2 Å². The van der Waals surface area contributed by atoms with Gasteiger partial charge in [-0.25, -0.2) is 9.78 Å². The molecule has 166 valence electrons. The lowest BCUT2D eigenvalue weighted by molar-refractivity contribution is -0.135. The van der Waals surface area contributed by atoms with Crippen molar-refractivity contribution >= 4 is 28.7 Å². The number of anilines is 1. The van der Waals surface area contributed by atoms with E-state index in [1.165, 1.54) is 45.2 Å². The van der Waals surface area contributed by atoms with Gasteiger partial charge in [0, 0.05) is 18.3 Å². The standard InChI is InChI=1S/C23H31N5O3/c1-2-31-23(30)24-17-8-9-20-18(12-17)25-21-14-27(22(29)15-28(20)21)13-16-6-5-11-26-10-4-3-7-19(16)26/h8-9,12,16,19H,2-7,10-11,13-15H2,1H3,(H,24,30)/t16-,19+/m0/s1. The summed E-state index contributed by atoms with van der Waals surface area (Å²) in [5.74, 6) is 1.65. The quantitative estimate of drug-likeness (QED) is 0.814. The van der Waals surface area contributed by atoms with E-state index in [2.05, 4.69) is 10.2 Å². The van der Waals surface area contributed by atoms with Gasteiger partial charge in [0.25, 0.3) is 0 Å². The predicted molar refractivity (Wildman–Crippen MR) is 118 cm³/mol. The number of rotatable bonds is 4. The first-order valence-corrected chi connectivity index (χ1v) is 11.6. The van der Waals surface area contributed by atoms with Crippen molar-refractivity contribution < 1.29 is 14.3 Å². The minimum atomic E-state index is -0.476. The SMILES string of the molecule is CCOC(=O)Nc1ccc2c(c1)nc1n2CC(=O)N(C[C@@H]2CCCN3CCCC[C@H]23)C1. The molecule has 2 amide bonds. The third-order valence-corrected chi connectivity index (χ3v) is 7.01. The van der Waals surface area contributed by atoms with E-state index in [0.29, 0.717) is 37.3 Å². The Balaban J connectivity index is 1.32. The van der Waals surface area contributed by atoms with Crippen LogP contribution in [-0.2, 0) is 22.6 Å². The summed E-state index contributed by atoms with van der Waals surface area (Å²) in [5.41, 5.74) is 2.35. The number of hydrogen-bond acceptors (Lipinski definition) is 5. The van der Waals surface area contributed by atoms with E-state index in [0.717, 1.165) is 23.4 Å². The Kier molecular flexibility index (Phi) is 5.56. The van der Waals surface area contributed by atoms with Gasteiger partial charge in [0.2, 0.25) is 5.91 Å². The van der Waals surface area contributed by atoms with Crippen molar-refractivity contribution in [2.75, 3.05) is 31.6 Å². The monoisotopic (exact) mass is 425 g/mol. The van der Waals surface area contributed by atoms with Crippen molar-refractivity contribution in [2.45, 2.75) is 58.2 Å². The Morgan fingerprint density at radius 1 is 1.19 bits per heavy atom. The van der Waals surface area contributed by atoms with E-state index in [-0.39, 0.29) is 5.91 Å². The molecule has 2 aromatic rings. The van der Waals surface area contributed by atoms with Crippen molar-refractivity contribution in [3.05, 3.63) is 24.0 Å². The molecule has 3 aliphatic heterocycles. The molecule has 3 aliphatic rings. The third-order valence-electron chi connectivity index (χ3n) is 7.01. The summed E-state index contributed by atoms with van der Waals surface area (Å²) >= 11 is 0. The second-order valence-corrected chi connectivity index (χ2v) is 8.94. The molecule has 2 saturated heterocycles. The van der Waals surface area contributed by atoms with Gasteiger partial charge in [0.1, 0.15) is 12.4 Å². The molecule has 0 spiro atoms. The fourth-order valence-electron chi connectivity index (χ4n) is 5.57. The highest BCUT2D eigenvalue weighted by Crippen LogP contribution is 2.32. The van der Waals surface area contributed by atoms with Crippen molar-refractivity contribution in [1.82, 2.24) is 19.4 Å². The molecule has 2 atom stereocenters. The number of hydrogen-bond donors (Lipinski definition) is 1. The molecule has 0 saturated carbocycles. The minimum Gasteiger partial charge on any atom is -0.450 e. The Hall–Kier alpha value is -2.61. The van der Waals surface area contributed by atoms with Gasteiger partial charge in [-0.2, -0.15) is 0 Å². The molecule has 1 aromatic carbocycles. The van der Waals surface area contributed by atoms with Gasteiger partial charge in [-0.1, -0.05) is 6.42 Å². The molecule has 1 aromatic heterocycles. The zero-order chi connectivity index (χ0) is 21.4. The number of amides is 2. The van der Waals surface area contributed by atoms with Gasteiger partial charge in [-0.3, -0.25) is 10.1 Å². The summed E-state index contributed by atoms with van der Waals surface area (Å²) in [4.78, 5) is 34.2. The fourth-order valence-corrected chi connectivity index (χ4v) is 5.57. The molecular formula is C23H31N5O3. The van der Waals surface area contributed by atoms with Crippen molar-refractivity contribution in [3.8, 4) is 0 Å². The number of aromatic nitrogens is 2. The number of benzene rings is 1. The van der Waals surface area contributed by atoms with Crippen LogP contribution in [0.2, 0.25) is 0 Å². The van der Waals surface area contributed by atoms with E-state index < -0.39 is 6.09 Å². The van der Waals surface area contributed by atoms with Gasteiger partial charge < -0.3 is 19.1 Å². The molecule has 8 nitrogen and oxygen atoms in total. The second kappa shape index (κ2) is 8.49. The summed E-state index contributed by atoms with van der Waals surface area (Å²) in [6.07, 6.45) is 5.85. The maximum Gasteiger partial charge on any atom is 0.411 e. The Morgan fingerprint density at radius 3 is 2.94 bits per heavy atom. The Labute approximate surface area is 182 Å². The summed E-state index contributed by atoms with van der Waals surface area (Å²) in [6.45, 7) is 6.24. The Morgan fingerprint density at radius 2 is 2.06 bits per heavy atom. The molecule has 0 aliphatic carbocycles. The molecule has 0 unspecified atom stereocenters. The first-order valence-electron chi connectivity index (χ1n) is 11.6. The number of imidazole rings is 1. The number of fused-ring (bicyclic) bond motifs is 4. The molecule has 4 heterocycles. The molecule has 2 fully saturated rings. The second-order valence-electron chi connectivity index (χ2n) is 8.94. The normalized spacial score (nSPS) is 24.0. The van der Waals surface area contributed by atoms with Crippen molar-refractivity contribution in [2.24, 2.45) is 5.92 Å². The topological polar surface area (TPSA) is 79.7 Å². The number of nitrogens with zero attached hydrogens (tertiary/aromatic N) is 4. The molecule has 8 heteroatoms. The molecule has 0 bridgehead atoms. The number of nitrogens with one attached hydrogen (secondary N) is 1. The Bertz CT molecular complexity index is 985. The number of ether oxygens (including phenoxy) is 1. The van der Waals surface area contributed by atoms with Crippen LogP contribution in [0.25, 0.3) is 11.0 Å². The number of carbonyl (C=O) groups excluding carboxylic acids is 2. The van der Waals surface area contributed by atoms with Crippen LogP contribution in [-0.4, -0.2) is 63.6 Å². The first kappa shape index (κ1) is 20.3. The van der Waals surface area contributed by atoms with Crippen molar-refractivity contribution in [1.29, 1.82) is 0 Å². The maximum absolute atomic E-state index is 13.0. The minimum absolute atomic E-state index is 0.174. The average molecular weight is 426 g/mol. The van der Waals surface area contributed by atoms with Gasteiger partial charge >= 0.3 is 6.09 Å². The highest BCUT2D eigenvalue weighted by atomic mass is 16.5. The zero-order valence-corrected chi connectivity index (χ0v) is 18.2. The van der Waals surface area contributed by atoms with Crippen LogP contribution in [0.5, 0.6) is 0 Å². The molecule has 1 N–H and O–H groups in total. The third kappa shape index (κ3) is 4.01. The van der Waals surface area contributed by atoms with Crippen LogP contribution in [0.1, 0.15) is 44.9 Å². The van der Waals surface area contributed by atoms with Crippen LogP contribution >= 0.6 is 0 Å². The lowest BCUT2D eigenvalue weighted by atomic mass is 9.83. The lowest BCUT2D eigenvalue weighted by Crippen LogP contribution is -2.52.